The number of hydrogen-bond donors (Lipinski definition) is 2. The molecule has 2 aromatic carbocycles. The molecule has 37 heavy (non-hydrogen) atoms. The number of rotatable bonds is 10. The smallest absolute Gasteiger partial charge is 0.329 e. The lowest BCUT2D eigenvalue weighted by molar-refractivity contribution is -0.151. The number of nitrogens with zero attached hydrogens (tertiary/aromatic N) is 1. The van der Waals surface area contributed by atoms with Crippen molar-refractivity contribution in [2.75, 3.05) is 26.8 Å². The zero-order valence-corrected chi connectivity index (χ0v) is 20.8. The van der Waals surface area contributed by atoms with Gasteiger partial charge in [0.05, 0.1) is 26.2 Å². The summed E-state index contributed by atoms with van der Waals surface area (Å²) in [6.45, 7) is 1.65. The van der Waals surface area contributed by atoms with Gasteiger partial charge < -0.3 is 25.0 Å². The Balaban J connectivity index is 1.84. The first-order valence-corrected chi connectivity index (χ1v) is 12.1. The molecule has 0 aromatic heterocycles. The van der Waals surface area contributed by atoms with Crippen molar-refractivity contribution in [3.05, 3.63) is 71.8 Å². The molecule has 10 heteroatoms. The fourth-order valence-electron chi connectivity index (χ4n) is 4.30. The Morgan fingerprint density at radius 1 is 1.00 bits per heavy atom. The molecule has 10 nitrogen and oxygen atoms in total. The van der Waals surface area contributed by atoms with Crippen LogP contribution in [-0.4, -0.2) is 73.4 Å². The van der Waals surface area contributed by atoms with E-state index in [4.69, 9.17) is 9.47 Å². The maximum Gasteiger partial charge on any atom is 0.329 e. The van der Waals surface area contributed by atoms with Crippen LogP contribution in [0, 0.1) is 0 Å². The highest BCUT2D eigenvalue weighted by Gasteiger charge is 2.39. The van der Waals surface area contributed by atoms with E-state index in [0.717, 1.165) is 0 Å². The van der Waals surface area contributed by atoms with Gasteiger partial charge in [0, 0.05) is 12.1 Å². The molecule has 1 saturated heterocycles. The number of nitrogens with one attached hydrogen (secondary N) is 2. The van der Waals surface area contributed by atoms with Crippen molar-refractivity contribution in [3.63, 3.8) is 0 Å². The van der Waals surface area contributed by atoms with Crippen LogP contribution in [0.3, 0.4) is 0 Å². The number of esters is 2. The highest BCUT2D eigenvalue weighted by molar-refractivity contribution is 6.00. The highest BCUT2D eigenvalue weighted by Crippen LogP contribution is 2.23. The summed E-state index contributed by atoms with van der Waals surface area (Å²) < 4.78 is 9.97. The van der Waals surface area contributed by atoms with E-state index in [2.05, 4.69) is 10.6 Å². The van der Waals surface area contributed by atoms with Crippen molar-refractivity contribution in [1.29, 1.82) is 0 Å². The summed E-state index contributed by atoms with van der Waals surface area (Å²) in [5.41, 5.74) is 0.759. The minimum absolute atomic E-state index is 0.0437. The second-order valence-electron chi connectivity index (χ2n) is 8.44. The zero-order chi connectivity index (χ0) is 26.8. The van der Waals surface area contributed by atoms with Crippen LogP contribution in [0.5, 0.6) is 0 Å². The summed E-state index contributed by atoms with van der Waals surface area (Å²) in [4.78, 5) is 65.6. The Morgan fingerprint density at radius 3 is 2.27 bits per heavy atom. The van der Waals surface area contributed by atoms with Crippen LogP contribution in [0.15, 0.2) is 60.7 Å². The van der Waals surface area contributed by atoms with Crippen LogP contribution in [0.25, 0.3) is 0 Å². The molecule has 0 bridgehead atoms. The topological polar surface area (TPSA) is 131 Å². The van der Waals surface area contributed by atoms with E-state index in [1.165, 1.54) is 12.0 Å². The first kappa shape index (κ1) is 27.4. The van der Waals surface area contributed by atoms with Gasteiger partial charge in [0.1, 0.15) is 12.1 Å². The van der Waals surface area contributed by atoms with Crippen LogP contribution in [-0.2, 0) is 28.7 Å². The van der Waals surface area contributed by atoms with Gasteiger partial charge in [0.2, 0.25) is 11.8 Å². The van der Waals surface area contributed by atoms with Crippen LogP contribution < -0.4 is 10.6 Å². The molecule has 2 aromatic rings. The van der Waals surface area contributed by atoms with Gasteiger partial charge in [-0.2, -0.15) is 0 Å². The monoisotopic (exact) mass is 509 g/mol. The third-order valence-electron chi connectivity index (χ3n) is 6.10. The molecule has 2 N–H and O–H groups in total. The molecule has 0 radical (unpaired) electrons. The van der Waals surface area contributed by atoms with Crippen molar-refractivity contribution >= 4 is 29.7 Å². The maximum atomic E-state index is 13.5. The molecular formula is C27H31N3O7. The van der Waals surface area contributed by atoms with Crippen LogP contribution in [0.1, 0.15) is 41.6 Å². The van der Waals surface area contributed by atoms with Gasteiger partial charge in [-0.05, 0) is 37.5 Å². The van der Waals surface area contributed by atoms with Gasteiger partial charge in [0.15, 0.2) is 0 Å². The normalized spacial score (nSPS) is 16.3. The summed E-state index contributed by atoms with van der Waals surface area (Å²) >= 11 is 0. The summed E-state index contributed by atoms with van der Waals surface area (Å²) in [6.07, 6.45) is 1.12. The number of benzene rings is 2. The third kappa shape index (κ3) is 6.93. The molecule has 1 aliphatic rings. The Bertz CT molecular complexity index is 1110. The SMILES string of the molecule is CCOC(=O)[C@H](NC(=O)c1ccccc1)[C@H](C(=O)NCC(=O)N1CCC[C@@H]1C(=O)OC)c1ccccc1. The summed E-state index contributed by atoms with van der Waals surface area (Å²) in [5, 5.41) is 5.22. The van der Waals surface area contributed by atoms with Gasteiger partial charge in [0.25, 0.3) is 5.91 Å². The predicted octanol–water partition coefficient (Wildman–Crippen LogP) is 1.41. The van der Waals surface area contributed by atoms with E-state index in [-0.39, 0.29) is 6.61 Å². The number of carbonyl (C=O) groups is 5. The largest absolute Gasteiger partial charge is 0.467 e. The number of ether oxygens (including phenoxy) is 2. The summed E-state index contributed by atoms with van der Waals surface area (Å²) in [6, 6.07) is 14.7. The Kier molecular flexibility index (Phi) is 9.76. The van der Waals surface area contributed by atoms with Gasteiger partial charge >= 0.3 is 11.9 Å². The van der Waals surface area contributed by atoms with E-state index < -0.39 is 54.2 Å². The average molecular weight is 510 g/mol. The minimum atomic E-state index is -1.36. The lowest BCUT2D eigenvalue weighted by atomic mass is 9.90. The highest BCUT2D eigenvalue weighted by atomic mass is 16.5. The molecule has 196 valence electrons. The molecule has 1 aliphatic heterocycles. The molecule has 1 heterocycles. The fraction of sp³-hybridized carbons (Fsp3) is 0.370. The van der Waals surface area contributed by atoms with Gasteiger partial charge in [-0.15, -0.1) is 0 Å². The van der Waals surface area contributed by atoms with Crippen molar-refractivity contribution in [2.24, 2.45) is 0 Å². The lowest BCUT2D eigenvalue weighted by Crippen LogP contribution is -2.52. The van der Waals surface area contributed by atoms with Crippen LogP contribution >= 0.6 is 0 Å². The number of amides is 3. The number of methoxy groups -OCH3 is 1. The molecule has 0 unspecified atom stereocenters. The predicted molar refractivity (Wildman–Crippen MR) is 133 cm³/mol. The van der Waals surface area contributed by atoms with Crippen molar-refractivity contribution in [1.82, 2.24) is 15.5 Å². The number of likely N-dealkylation sites (tertiary alicyclic amines) is 1. The van der Waals surface area contributed by atoms with Crippen molar-refractivity contribution in [2.45, 2.75) is 37.8 Å². The molecule has 1 fully saturated rings. The lowest BCUT2D eigenvalue weighted by Gasteiger charge is -2.27. The van der Waals surface area contributed by atoms with E-state index in [9.17, 15) is 24.0 Å². The van der Waals surface area contributed by atoms with Crippen LogP contribution in [0.4, 0.5) is 0 Å². The standard InChI is InChI=1S/C27H31N3O7/c1-3-37-27(35)23(29-24(32)19-13-8-5-9-14-19)22(18-11-6-4-7-12-18)25(33)28-17-21(31)30-16-10-15-20(30)26(34)36-2/h4-9,11-14,20,22-23H,3,10,15-17H2,1-2H3,(H,28,33)(H,29,32)/t20-,22-,23-/m1/s1. The van der Waals surface area contributed by atoms with Crippen molar-refractivity contribution < 1.29 is 33.4 Å². The zero-order valence-electron chi connectivity index (χ0n) is 20.8. The van der Waals surface area contributed by atoms with E-state index >= 15 is 0 Å². The number of hydrogen-bond acceptors (Lipinski definition) is 7. The maximum absolute atomic E-state index is 13.5. The number of carbonyl (C=O) groups excluding carboxylic acids is 5. The molecule has 3 atom stereocenters. The molecular weight excluding hydrogens is 478 g/mol. The van der Waals surface area contributed by atoms with E-state index in [1.807, 2.05) is 0 Å². The van der Waals surface area contributed by atoms with Gasteiger partial charge in [-0.3, -0.25) is 14.4 Å². The summed E-state index contributed by atoms with van der Waals surface area (Å²) in [5.74, 6) is -4.14. The first-order chi connectivity index (χ1) is 17.9. The van der Waals surface area contributed by atoms with Gasteiger partial charge in [-0.1, -0.05) is 48.5 Å². The second-order valence-corrected chi connectivity index (χ2v) is 8.44. The van der Waals surface area contributed by atoms with Crippen LogP contribution in [0.2, 0.25) is 0 Å². The van der Waals surface area contributed by atoms with Gasteiger partial charge in [-0.25, -0.2) is 9.59 Å². The first-order valence-electron chi connectivity index (χ1n) is 12.1. The molecule has 0 saturated carbocycles. The quantitative estimate of drug-likeness (QED) is 0.463. The second kappa shape index (κ2) is 13.2. The molecule has 0 aliphatic carbocycles. The fourth-order valence-corrected chi connectivity index (χ4v) is 4.30. The molecule has 3 amide bonds. The Hall–Kier alpha value is -4.21. The molecule has 3 rings (SSSR count). The minimum Gasteiger partial charge on any atom is -0.467 e. The summed E-state index contributed by atoms with van der Waals surface area (Å²) in [7, 11) is 1.26. The van der Waals surface area contributed by atoms with E-state index in [1.54, 1.807) is 67.6 Å². The average Bonchev–Trinajstić information content (AvgIpc) is 3.42. The van der Waals surface area contributed by atoms with Crippen molar-refractivity contribution in [3.8, 4) is 0 Å². The Labute approximate surface area is 215 Å². The van der Waals surface area contributed by atoms with E-state index in [0.29, 0.717) is 30.5 Å². The molecule has 0 spiro atoms. The third-order valence-corrected chi connectivity index (χ3v) is 6.10. The Morgan fingerprint density at radius 2 is 1.65 bits per heavy atom.